The maximum atomic E-state index is 13.6. The van der Waals surface area contributed by atoms with E-state index in [9.17, 15) is 9.18 Å². The molecule has 0 aliphatic carbocycles. The van der Waals surface area contributed by atoms with Gasteiger partial charge in [-0.05, 0) is 60.5 Å². The van der Waals surface area contributed by atoms with Crippen LogP contribution in [0, 0.1) is 12.7 Å². The number of nitrogens with zero attached hydrogens (tertiary/aromatic N) is 1. The van der Waals surface area contributed by atoms with Crippen LogP contribution in [0.2, 0.25) is 15.1 Å². The van der Waals surface area contributed by atoms with E-state index in [1.54, 1.807) is 24.3 Å². The Hall–Kier alpha value is -2.60. The second kappa shape index (κ2) is 8.26. The largest absolute Gasteiger partial charge is 0.342 e. The Bertz CT molecular complexity index is 1270. The minimum Gasteiger partial charge on any atom is -0.342 e. The van der Waals surface area contributed by atoms with Crippen LogP contribution in [0.5, 0.6) is 0 Å². The van der Waals surface area contributed by atoms with Crippen molar-refractivity contribution in [3.63, 3.8) is 0 Å². The SMILES string of the molecule is Cc1cc2[nH]c(Cc3c(Cl)cccc3Cl)nc2cc1C(=O)Nc1ccc(Cl)c(F)c1. The van der Waals surface area contributed by atoms with Crippen molar-refractivity contribution >= 4 is 57.4 Å². The number of aryl methyl sites for hydroxylation is 1. The van der Waals surface area contributed by atoms with Crippen LogP contribution in [0.25, 0.3) is 11.0 Å². The van der Waals surface area contributed by atoms with Crippen molar-refractivity contribution in [3.05, 3.63) is 91.9 Å². The summed E-state index contributed by atoms with van der Waals surface area (Å²) in [6, 6.07) is 13.0. The van der Waals surface area contributed by atoms with Gasteiger partial charge in [0.2, 0.25) is 0 Å². The maximum Gasteiger partial charge on any atom is 0.256 e. The Balaban J connectivity index is 1.63. The zero-order valence-electron chi connectivity index (χ0n) is 15.7. The highest BCUT2D eigenvalue weighted by molar-refractivity contribution is 6.36. The molecule has 0 atom stereocenters. The van der Waals surface area contributed by atoms with Gasteiger partial charge in [0.05, 0.1) is 16.1 Å². The molecule has 1 amide bonds. The van der Waals surface area contributed by atoms with E-state index in [1.807, 2.05) is 13.0 Å². The number of carbonyl (C=O) groups excluding carboxylic acids is 1. The number of aromatic nitrogens is 2. The molecule has 0 saturated heterocycles. The molecule has 4 aromatic rings. The Labute approximate surface area is 187 Å². The highest BCUT2D eigenvalue weighted by Crippen LogP contribution is 2.27. The number of H-pyrrole nitrogens is 1. The quantitative estimate of drug-likeness (QED) is 0.350. The lowest BCUT2D eigenvalue weighted by atomic mass is 10.1. The van der Waals surface area contributed by atoms with Crippen molar-refractivity contribution in [2.75, 3.05) is 5.32 Å². The highest BCUT2D eigenvalue weighted by atomic mass is 35.5. The van der Waals surface area contributed by atoms with Crippen molar-refractivity contribution < 1.29 is 9.18 Å². The van der Waals surface area contributed by atoms with Crippen LogP contribution < -0.4 is 5.32 Å². The number of aromatic amines is 1. The number of carbonyl (C=O) groups is 1. The van der Waals surface area contributed by atoms with E-state index >= 15 is 0 Å². The Morgan fingerprint density at radius 2 is 1.80 bits per heavy atom. The van der Waals surface area contributed by atoms with Crippen LogP contribution in [0.3, 0.4) is 0 Å². The van der Waals surface area contributed by atoms with Crippen LogP contribution in [-0.4, -0.2) is 15.9 Å². The fourth-order valence-corrected chi connectivity index (χ4v) is 3.84. The second-order valence-corrected chi connectivity index (χ2v) is 8.05. The highest BCUT2D eigenvalue weighted by Gasteiger charge is 2.15. The van der Waals surface area contributed by atoms with E-state index in [-0.39, 0.29) is 10.9 Å². The first kappa shape index (κ1) is 20.7. The van der Waals surface area contributed by atoms with Gasteiger partial charge in [-0.1, -0.05) is 40.9 Å². The molecule has 30 heavy (non-hydrogen) atoms. The van der Waals surface area contributed by atoms with Crippen molar-refractivity contribution in [1.29, 1.82) is 0 Å². The first-order valence-corrected chi connectivity index (χ1v) is 10.1. The standard InChI is InChI=1S/C22H15Cl3FN3O/c1-11-7-19-20(29-21(28-19)10-14-15(23)3-2-4-16(14)24)9-13(11)22(30)27-12-5-6-17(25)18(26)8-12/h2-9H,10H2,1H3,(H,27,30)(H,28,29). The molecule has 0 bridgehead atoms. The van der Waals surface area contributed by atoms with Crippen LogP contribution in [0.4, 0.5) is 10.1 Å². The number of fused-ring (bicyclic) bond motifs is 1. The van der Waals surface area contributed by atoms with Crippen molar-refractivity contribution in [3.8, 4) is 0 Å². The molecule has 0 saturated carbocycles. The molecule has 0 spiro atoms. The zero-order valence-corrected chi connectivity index (χ0v) is 18.0. The van der Waals surface area contributed by atoms with Gasteiger partial charge in [0, 0.05) is 27.7 Å². The molecule has 2 N–H and O–H groups in total. The third-order valence-corrected chi connectivity index (χ3v) is 5.72. The van der Waals surface area contributed by atoms with E-state index < -0.39 is 5.82 Å². The van der Waals surface area contributed by atoms with Crippen molar-refractivity contribution in [2.45, 2.75) is 13.3 Å². The Kier molecular flexibility index (Phi) is 5.69. The topological polar surface area (TPSA) is 57.8 Å². The number of anilines is 1. The van der Waals surface area contributed by atoms with Crippen molar-refractivity contribution in [1.82, 2.24) is 9.97 Å². The summed E-state index contributed by atoms with van der Waals surface area (Å²) in [6.45, 7) is 1.82. The molecule has 0 unspecified atom stereocenters. The second-order valence-electron chi connectivity index (χ2n) is 6.83. The summed E-state index contributed by atoms with van der Waals surface area (Å²) >= 11 is 18.2. The van der Waals surface area contributed by atoms with Gasteiger partial charge >= 0.3 is 0 Å². The molecule has 152 valence electrons. The maximum absolute atomic E-state index is 13.6. The minimum atomic E-state index is -0.600. The normalized spacial score (nSPS) is 11.1. The minimum absolute atomic E-state index is 0.00623. The molecule has 0 radical (unpaired) electrons. The Morgan fingerprint density at radius 3 is 2.50 bits per heavy atom. The summed E-state index contributed by atoms with van der Waals surface area (Å²) in [5.74, 6) is -0.289. The monoisotopic (exact) mass is 461 g/mol. The van der Waals surface area contributed by atoms with Gasteiger partial charge in [-0.25, -0.2) is 9.37 Å². The van der Waals surface area contributed by atoms with Gasteiger partial charge in [-0.3, -0.25) is 4.79 Å². The van der Waals surface area contributed by atoms with Gasteiger partial charge in [-0.2, -0.15) is 0 Å². The first-order valence-electron chi connectivity index (χ1n) is 9.00. The molecule has 0 aliphatic rings. The molecule has 1 aromatic heterocycles. The molecule has 4 rings (SSSR count). The fourth-order valence-electron chi connectivity index (χ4n) is 3.19. The van der Waals surface area contributed by atoms with Gasteiger partial charge in [0.1, 0.15) is 11.6 Å². The van der Waals surface area contributed by atoms with Crippen LogP contribution in [-0.2, 0) is 6.42 Å². The molecule has 0 aliphatic heterocycles. The van der Waals surface area contributed by atoms with E-state index in [0.29, 0.717) is 39.1 Å². The van der Waals surface area contributed by atoms with E-state index in [1.165, 1.54) is 18.2 Å². The summed E-state index contributed by atoms with van der Waals surface area (Å²) in [4.78, 5) is 20.5. The molecule has 1 heterocycles. The number of amides is 1. The average Bonchev–Trinajstić information content (AvgIpc) is 3.08. The lowest BCUT2D eigenvalue weighted by molar-refractivity contribution is 0.102. The smallest absolute Gasteiger partial charge is 0.256 e. The van der Waals surface area contributed by atoms with E-state index in [0.717, 1.165) is 16.6 Å². The summed E-state index contributed by atoms with van der Waals surface area (Å²) in [5.41, 5.74) is 3.70. The van der Waals surface area contributed by atoms with Gasteiger partial charge in [-0.15, -0.1) is 0 Å². The molecule has 8 heteroatoms. The fraction of sp³-hybridized carbons (Fsp3) is 0.0909. The van der Waals surface area contributed by atoms with Gasteiger partial charge in [0.15, 0.2) is 0 Å². The summed E-state index contributed by atoms with van der Waals surface area (Å²) in [6.07, 6.45) is 0.428. The number of halogens is 4. The van der Waals surface area contributed by atoms with Crippen LogP contribution in [0.1, 0.15) is 27.3 Å². The predicted octanol–water partition coefficient (Wildman–Crippen LogP) is 6.81. The molecular weight excluding hydrogens is 448 g/mol. The average molecular weight is 463 g/mol. The Morgan fingerprint density at radius 1 is 1.07 bits per heavy atom. The summed E-state index contributed by atoms with van der Waals surface area (Å²) in [5, 5.41) is 3.81. The van der Waals surface area contributed by atoms with E-state index in [4.69, 9.17) is 34.8 Å². The van der Waals surface area contributed by atoms with Crippen LogP contribution in [0.15, 0.2) is 48.5 Å². The third kappa shape index (κ3) is 4.15. The van der Waals surface area contributed by atoms with E-state index in [2.05, 4.69) is 15.3 Å². The molecular formula is C22H15Cl3FN3O. The zero-order chi connectivity index (χ0) is 21.4. The number of rotatable bonds is 4. The molecule has 0 fully saturated rings. The summed E-state index contributed by atoms with van der Waals surface area (Å²) < 4.78 is 13.6. The number of nitrogens with one attached hydrogen (secondary N) is 2. The van der Waals surface area contributed by atoms with Gasteiger partial charge < -0.3 is 10.3 Å². The van der Waals surface area contributed by atoms with Crippen LogP contribution >= 0.6 is 34.8 Å². The lowest BCUT2D eigenvalue weighted by Crippen LogP contribution is -2.13. The molecule has 3 aromatic carbocycles. The predicted molar refractivity (Wildman–Crippen MR) is 119 cm³/mol. The van der Waals surface area contributed by atoms with Gasteiger partial charge in [0.25, 0.3) is 5.91 Å². The number of hydrogen-bond acceptors (Lipinski definition) is 2. The summed E-state index contributed by atoms with van der Waals surface area (Å²) in [7, 11) is 0. The number of imidazole rings is 1. The molecule has 4 nitrogen and oxygen atoms in total. The third-order valence-electron chi connectivity index (χ3n) is 4.71. The van der Waals surface area contributed by atoms with Crippen molar-refractivity contribution in [2.24, 2.45) is 0 Å². The number of hydrogen-bond donors (Lipinski definition) is 2. The first-order chi connectivity index (χ1) is 14.3. The lowest BCUT2D eigenvalue weighted by Gasteiger charge is -2.08. The number of benzene rings is 3.